The lowest BCUT2D eigenvalue weighted by atomic mass is 10.1. The average Bonchev–Trinajstić information content (AvgIpc) is 2.73. The summed E-state index contributed by atoms with van der Waals surface area (Å²) in [7, 11) is 0. The van der Waals surface area contributed by atoms with Gasteiger partial charge >= 0.3 is 0 Å². The van der Waals surface area contributed by atoms with Crippen LogP contribution in [0.25, 0.3) is 12.2 Å². The minimum Gasteiger partial charge on any atom is -0.457 e. The van der Waals surface area contributed by atoms with Crippen LogP contribution in [0.1, 0.15) is 11.1 Å². The molecule has 128 valence electrons. The SMILES string of the molecule is N#CC(C#N)=C1C=C(C=Cc2ccccc2)OC(C=Cc2ccccc2)=C1. The molecule has 0 aromatic heterocycles. The predicted octanol–water partition coefficient (Wildman–Crippen LogP) is 5.55. The van der Waals surface area contributed by atoms with Crippen LogP contribution in [0, 0.1) is 22.7 Å². The van der Waals surface area contributed by atoms with Gasteiger partial charge < -0.3 is 4.74 Å². The Morgan fingerprint density at radius 1 is 0.667 bits per heavy atom. The molecular weight excluding hydrogens is 332 g/mol. The van der Waals surface area contributed by atoms with Crippen LogP contribution < -0.4 is 0 Å². The van der Waals surface area contributed by atoms with Crippen LogP contribution in [0.3, 0.4) is 0 Å². The highest BCUT2D eigenvalue weighted by molar-refractivity contribution is 5.60. The Bertz CT molecular complexity index is 958. The number of hydrogen-bond donors (Lipinski definition) is 0. The van der Waals surface area contributed by atoms with Crippen molar-refractivity contribution in [3.8, 4) is 12.1 Å². The number of nitriles is 2. The number of nitrogens with zero attached hydrogens (tertiary/aromatic N) is 2. The van der Waals surface area contributed by atoms with Crippen LogP contribution in [0.15, 0.2) is 108 Å². The Labute approximate surface area is 158 Å². The maximum atomic E-state index is 9.20. The standard InChI is InChI=1S/C24H16N2O/c25-17-22(18-26)21-15-23(13-11-19-7-3-1-4-8-19)27-24(16-21)14-12-20-9-5-2-6-10-20/h1-16H. The van der Waals surface area contributed by atoms with E-state index in [1.165, 1.54) is 0 Å². The summed E-state index contributed by atoms with van der Waals surface area (Å²) in [4.78, 5) is 0. The maximum absolute atomic E-state index is 9.20. The van der Waals surface area contributed by atoms with E-state index < -0.39 is 0 Å². The van der Waals surface area contributed by atoms with Gasteiger partial charge in [-0.3, -0.25) is 0 Å². The van der Waals surface area contributed by atoms with E-state index in [9.17, 15) is 10.5 Å². The van der Waals surface area contributed by atoms with E-state index in [4.69, 9.17) is 4.74 Å². The summed E-state index contributed by atoms with van der Waals surface area (Å²) in [6, 6.07) is 23.5. The van der Waals surface area contributed by atoms with Gasteiger partial charge in [-0.1, -0.05) is 72.8 Å². The molecule has 0 aliphatic carbocycles. The fraction of sp³-hybridized carbons (Fsp3) is 0. The quantitative estimate of drug-likeness (QED) is 0.680. The Kier molecular flexibility index (Phi) is 5.81. The van der Waals surface area contributed by atoms with Gasteiger partial charge in [-0.25, -0.2) is 0 Å². The van der Waals surface area contributed by atoms with E-state index in [1.807, 2.05) is 97.1 Å². The lowest BCUT2D eigenvalue weighted by Gasteiger charge is -2.14. The first kappa shape index (κ1) is 17.7. The van der Waals surface area contributed by atoms with Crippen LogP contribution in [-0.4, -0.2) is 0 Å². The summed E-state index contributed by atoms with van der Waals surface area (Å²) in [6.07, 6.45) is 10.9. The molecule has 0 N–H and O–H groups in total. The molecule has 2 aromatic carbocycles. The maximum Gasteiger partial charge on any atom is 0.137 e. The average molecular weight is 348 g/mol. The summed E-state index contributed by atoms with van der Waals surface area (Å²) < 4.78 is 5.89. The Balaban J connectivity index is 1.90. The topological polar surface area (TPSA) is 56.8 Å². The smallest absolute Gasteiger partial charge is 0.137 e. The highest BCUT2D eigenvalue weighted by Crippen LogP contribution is 2.24. The molecule has 0 amide bonds. The third-order valence-electron chi connectivity index (χ3n) is 3.82. The van der Waals surface area contributed by atoms with Crippen LogP contribution in [0.4, 0.5) is 0 Å². The molecule has 3 heteroatoms. The first-order valence-electron chi connectivity index (χ1n) is 8.40. The molecule has 3 rings (SSSR count). The summed E-state index contributed by atoms with van der Waals surface area (Å²) in [6.45, 7) is 0. The lowest BCUT2D eigenvalue weighted by Crippen LogP contribution is -1.98. The van der Waals surface area contributed by atoms with Crippen molar-refractivity contribution in [1.29, 1.82) is 10.5 Å². The van der Waals surface area contributed by atoms with Gasteiger partial charge in [0.15, 0.2) is 0 Å². The van der Waals surface area contributed by atoms with E-state index >= 15 is 0 Å². The highest BCUT2D eigenvalue weighted by Gasteiger charge is 2.11. The third kappa shape index (κ3) is 4.95. The zero-order valence-electron chi connectivity index (χ0n) is 14.5. The molecule has 1 aliphatic heterocycles. The zero-order valence-corrected chi connectivity index (χ0v) is 14.5. The van der Waals surface area contributed by atoms with Crippen molar-refractivity contribution in [2.75, 3.05) is 0 Å². The number of hydrogen-bond acceptors (Lipinski definition) is 3. The van der Waals surface area contributed by atoms with E-state index in [-0.39, 0.29) is 5.57 Å². The van der Waals surface area contributed by atoms with Crippen molar-refractivity contribution in [1.82, 2.24) is 0 Å². The van der Waals surface area contributed by atoms with Crippen LogP contribution >= 0.6 is 0 Å². The Morgan fingerprint density at radius 2 is 1.11 bits per heavy atom. The normalized spacial score (nSPS) is 13.5. The molecule has 2 aromatic rings. The van der Waals surface area contributed by atoms with E-state index in [0.29, 0.717) is 17.1 Å². The second-order valence-corrected chi connectivity index (χ2v) is 5.74. The van der Waals surface area contributed by atoms with Gasteiger partial charge in [0.2, 0.25) is 0 Å². The van der Waals surface area contributed by atoms with Crippen molar-refractivity contribution in [2.24, 2.45) is 0 Å². The summed E-state index contributed by atoms with van der Waals surface area (Å²) in [5, 5.41) is 18.4. The van der Waals surface area contributed by atoms with Crippen LogP contribution in [-0.2, 0) is 4.74 Å². The molecule has 0 saturated carbocycles. The summed E-state index contributed by atoms with van der Waals surface area (Å²) in [5.74, 6) is 1.12. The molecule has 0 saturated heterocycles. The van der Waals surface area contributed by atoms with Crippen molar-refractivity contribution < 1.29 is 4.74 Å². The van der Waals surface area contributed by atoms with Crippen molar-refractivity contribution in [2.45, 2.75) is 0 Å². The molecule has 0 radical (unpaired) electrons. The number of benzene rings is 2. The summed E-state index contributed by atoms with van der Waals surface area (Å²) >= 11 is 0. The second-order valence-electron chi connectivity index (χ2n) is 5.74. The van der Waals surface area contributed by atoms with Gasteiger partial charge in [0.1, 0.15) is 29.2 Å². The molecule has 0 unspecified atom stereocenters. The molecule has 3 nitrogen and oxygen atoms in total. The Morgan fingerprint density at radius 3 is 1.52 bits per heavy atom. The van der Waals surface area contributed by atoms with E-state index in [0.717, 1.165) is 11.1 Å². The van der Waals surface area contributed by atoms with Crippen molar-refractivity contribution >= 4 is 12.2 Å². The fourth-order valence-electron chi connectivity index (χ4n) is 2.49. The molecule has 1 aliphatic rings. The molecule has 0 fully saturated rings. The van der Waals surface area contributed by atoms with Gasteiger partial charge in [-0.2, -0.15) is 10.5 Å². The minimum atomic E-state index is 0.0505. The first-order chi connectivity index (χ1) is 13.3. The third-order valence-corrected chi connectivity index (χ3v) is 3.82. The second kappa shape index (κ2) is 8.85. The van der Waals surface area contributed by atoms with E-state index in [2.05, 4.69) is 0 Å². The largest absolute Gasteiger partial charge is 0.457 e. The lowest BCUT2D eigenvalue weighted by molar-refractivity contribution is 0.332. The molecule has 0 spiro atoms. The van der Waals surface area contributed by atoms with Gasteiger partial charge in [0.25, 0.3) is 0 Å². The van der Waals surface area contributed by atoms with Crippen molar-refractivity contribution in [3.63, 3.8) is 0 Å². The van der Waals surface area contributed by atoms with Gasteiger partial charge in [0, 0.05) is 5.57 Å². The zero-order chi connectivity index (χ0) is 18.9. The number of allylic oxidation sites excluding steroid dienone is 6. The summed E-state index contributed by atoms with van der Waals surface area (Å²) in [5.41, 5.74) is 2.65. The molecule has 1 heterocycles. The highest BCUT2D eigenvalue weighted by atomic mass is 16.5. The van der Waals surface area contributed by atoms with Crippen LogP contribution in [0.2, 0.25) is 0 Å². The molecule has 27 heavy (non-hydrogen) atoms. The molecule has 0 atom stereocenters. The van der Waals surface area contributed by atoms with E-state index in [1.54, 1.807) is 12.2 Å². The van der Waals surface area contributed by atoms with Crippen LogP contribution in [0.5, 0.6) is 0 Å². The monoisotopic (exact) mass is 348 g/mol. The Hall–Kier alpha value is -4.08. The first-order valence-corrected chi connectivity index (χ1v) is 8.40. The minimum absolute atomic E-state index is 0.0505. The van der Waals surface area contributed by atoms with Crippen molar-refractivity contribution in [3.05, 3.63) is 119 Å². The number of ether oxygens (including phenoxy) is 1. The predicted molar refractivity (Wildman–Crippen MR) is 106 cm³/mol. The van der Waals surface area contributed by atoms with Gasteiger partial charge in [0.05, 0.1) is 0 Å². The number of rotatable bonds is 4. The van der Waals surface area contributed by atoms with Gasteiger partial charge in [-0.05, 0) is 35.4 Å². The van der Waals surface area contributed by atoms with Gasteiger partial charge in [-0.15, -0.1) is 0 Å². The molecule has 0 bridgehead atoms. The molecular formula is C24H16N2O. The fourth-order valence-corrected chi connectivity index (χ4v) is 2.49.